The molecular weight excluding hydrogens is 194 g/mol. The van der Waals surface area contributed by atoms with Crippen molar-refractivity contribution in [2.75, 3.05) is 32.9 Å². The van der Waals surface area contributed by atoms with Gasteiger partial charge in [-0.25, -0.2) is 0 Å². The Labute approximate surface area is 90.2 Å². The first-order valence-corrected chi connectivity index (χ1v) is 5.76. The summed E-state index contributed by atoms with van der Waals surface area (Å²) in [6, 6.07) is 0. The van der Waals surface area contributed by atoms with Gasteiger partial charge in [-0.05, 0) is 18.8 Å². The van der Waals surface area contributed by atoms with Gasteiger partial charge in [-0.2, -0.15) is 0 Å². The quantitative estimate of drug-likeness (QED) is 0.731. The van der Waals surface area contributed by atoms with E-state index in [0.29, 0.717) is 12.3 Å². The van der Waals surface area contributed by atoms with Crippen LogP contribution in [0, 0.1) is 11.8 Å². The van der Waals surface area contributed by atoms with Crippen molar-refractivity contribution in [1.82, 2.24) is 4.90 Å². The lowest BCUT2D eigenvalue weighted by molar-refractivity contribution is -0.128. The molecule has 4 nitrogen and oxygen atoms in total. The lowest BCUT2D eigenvalue weighted by Gasteiger charge is -2.27. The smallest absolute Gasteiger partial charge is 0.223 e. The fourth-order valence-electron chi connectivity index (χ4n) is 2.42. The molecule has 0 aliphatic carbocycles. The topological polar surface area (TPSA) is 49.8 Å². The molecule has 0 saturated carbocycles. The van der Waals surface area contributed by atoms with E-state index >= 15 is 0 Å². The van der Waals surface area contributed by atoms with Crippen LogP contribution >= 0.6 is 0 Å². The maximum atomic E-state index is 11.6. The van der Waals surface area contributed by atoms with Crippen LogP contribution in [0.5, 0.6) is 0 Å². The van der Waals surface area contributed by atoms with E-state index < -0.39 is 0 Å². The Morgan fingerprint density at radius 1 is 1.47 bits per heavy atom. The molecular formula is C11H19NO3. The highest BCUT2D eigenvalue weighted by Gasteiger charge is 2.30. The van der Waals surface area contributed by atoms with Crippen LogP contribution in [0.4, 0.5) is 0 Å². The Kier molecular flexibility index (Phi) is 3.59. The number of hydrogen-bond acceptors (Lipinski definition) is 3. The molecule has 2 fully saturated rings. The molecule has 2 atom stereocenters. The number of amides is 1. The van der Waals surface area contributed by atoms with E-state index in [1.165, 1.54) is 0 Å². The number of aliphatic hydroxyl groups is 1. The summed E-state index contributed by atoms with van der Waals surface area (Å²) in [4.78, 5) is 13.5. The standard InChI is InChI=1S/C11H19NO3/c13-7-10-4-11(14)12(6-10)5-9-2-1-3-15-8-9/h9-10,13H,1-8H2. The molecule has 15 heavy (non-hydrogen) atoms. The summed E-state index contributed by atoms with van der Waals surface area (Å²) in [5.74, 6) is 0.849. The molecule has 2 aliphatic heterocycles. The first-order chi connectivity index (χ1) is 7.29. The van der Waals surface area contributed by atoms with Crippen molar-refractivity contribution in [3.63, 3.8) is 0 Å². The van der Waals surface area contributed by atoms with Crippen LogP contribution in [0.15, 0.2) is 0 Å². The lowest BCUT2D eigenvalue weighted by Crippen LogP contribution is -2.34. The molecule has 2 rings (SSSR count). The molecule has 1 amide bonds. The van der Waals surface area contributed by atoms with Crippen LogP contribution in [0.2, 0.25) is 0 Å². The van der Waals surface area contributed by atoms with Gasteiger partial charge in [0.25, 0.3) is 0 Å². The summed E-state index contributed by atoms with van der Waals surface area (Å²) in [5.41, 5.74) is 0. The van der Waals surface area contributed by atoms with Gasteiger partial charge in [0.15, 0.2) is 0 Å². The third kappa shape index (κ3) is 2.69. The zero-order chi connectivity index (χ0) is 10.7. The highest BCUT2D eigenvalue weighted by Crippen LogP contribution is 2.21. The summed E-state index contributed by atoms with van der Waals surface area (Å²) in [7, 11) is 0. The number of carbonyl (C=O) groups excluding carboxylic acids is 1. The van der Waals surface area contributed by atoms with Crippen molar-refractivity contribution in [3.8, 4) is 0 Å². The molecule has 0 aromatic heterocycles. The molecule has 2 aliphatic rings. The monoisotopic (exact) mass is 213 g/mol. The van der Waals surface area contributed by atoms with E-state index in [-0.39, 0.29) is 18.4 Å². The first-order valence-electron chi connectivity index (χ1n) is 5.76. The maximum absolute atomic E-state index is 11.6. The van der Waals surface area contributed by atoms with Crippen molar-refractivity contribution in [2.24, 2.45) is 11.8 Å². The Hall–Kier alpha value is -0.610. The third-order valence-corrected chi connectivity index (χ3v) is 3.29. The fraction of sp³-hybridized carbons (Fsp3) is 0.909. The van der Waals surface area contributed by atoms with E-state index in [1.807, 2.05) is 4.90 Å². The number of ether oxygens (including phenoxy) is 1. The van der Waals surface area contributed by atoms with Crippen molar-refractivity contribution >= 4 is 5.91 Å². The second-order valence-electron chi connectivity index (χ2n) is 4.63. The molecule has 2 saturated heterocycles. The van der Waals surface area contributed by atoms with Crippen LogP contribution < -0.4 is 0 Å². The SMILES string of the molecule is O=C1CC(CO)CN1CC1CCCOC1. The molecule has 0 radical (unpaired) electrons. The molecule has 0 spiro atoms. The minimum absolute atomic E-state index is 0.128. The van der Waals surface area contributed by atoms with Gasteiger partial charge in [0.2, 0.25) is 5.91 Å². The van der Waals surface area contributed by atoms with Crippen LogP contribution in [0.3, 0.4) is 0 Å². The normalized spacial score (nSPS) is 32.3. The molecule has 86 valence electrons. The van der Waals surface area contributed by atoms with Crippen molar-refractivity contribution in [1.29, 1.82) is 0 Å². The van der Waals surface area contributed by atoms with Crippen LogP contribution in [-0.2, 0) is 9.53 Å². The zero-order valence-corrected chi connectivity index (χ0v) is 9.02. The second kappa shape index (κ2) is 4.94. The Morgan fingerprint density at radius 2 is 2.33 bits per heavy atom. The van der Waals surface area contributed by atoms with Crippen LogP contribution in [0.25, 0.3) is 0 Å². The zero-order valence-electron chi connectivity index (χ0n) is 9.02. The molecule has 2 heterocycles. The van der Waals surface area contributed by atoms with Gasteiger partial charge in [-0.1, -0.05) is 0 Å². The molecule has 0 aromatic carbocycles. The number of nitrogens with zero attached hydrogens (tertiary/aromatic N) is 1. The predicted molar refractivity (Wildman–Crippen MR) is 55.3 cm³/mol. The highest BCUT2D eigenvalue weighted by atomic mass is 16.5. The summed E-state index contributed by atoms with van der Waals surface area (Å²) < 4.78 is 5.39. The van der Waals surface area contributed by atoms with Gasteiger partial charge in [-0.3, -0.25) is 4.79 Å². The van der Waals surface area contributed by atoms with E-state index in [1.54, 1.807) is 0 Å². The second-order valence-corrected chi connectivity index (χ2v) is 4.63. The Morgan fingerprint density at radius 3 is 2.93 bits per heavy atom. The molecule has 0 aromatic rings. The summed E-state index contributed by atoms with van der Waals surface area (Å²) >= 11 is 0. The number of rotatable bonds is 3. The lowest BCUT2D eigenvalue weighted by atomic mass is 10.0. The van der Waals surface area contributed by atoms with Gasteiger partial charge in [0.05, 0.1) is 6.61 Å². The summed E-state index contributed by atoms with van der Waals surface area (Å²) in [6.07, 6.45) is 2.79. The number of carbonyl (C=O) groups is 1. The summed E-state index contributed by atoms with van der Waals surface area (Å²) in [6.45, 7) is 3.32. The molecule has 1 N–H and O–H groups in total. The van der Waals surface area contributed by atoms with Gasteiger partial charge < -0.3 is 14.7 Å². The number of likely N-dealkylation sites (tertiary alicyclic amines) is 1. The third-order valence-electron chi connectivity index (χ3n) is 3.29. The summed E-state index contributed by atoms with van der Waals surface area (Å²) in [5, 5.41) is 9.00. The minimum atomic E-state index is 0.128. The van der Waals surface area contributed by atoms with Gasteiger partial charge in [0.1, 0.15) is 0 Å². The largest absolute Gasteiger partial charge is 0.396 e. The molecule has 0 bridgehead atoms. The van der Waals surface area contributed by atoms with Gasteiger partial charge in [0, 0.05) is 38.6 Å². The van der Waals surface area contributed by atoms with E-state index in [9.17, 15) is 4.79 Å². The number of hydrogen-bond donors (Lipinski definition) is 1. The Balaban J connectivity index is 1.81. The average molecular weight is 213 g/mol. The van der Waals surface area contributed by atoms with E-state index in [4.69, 9.17) is 9.84 Å². The van der Waals surface area contributed by atoms with Gasteiger partial charge in [-0.15, -0.1) is 0 Å². The van der Waals surface area contributed by atoms with Crippen LogP contribution in [-0.4, -0.2) is 48.8 Å². The van der Waals surface area contributed by atoms with E-state index in [2.05, 4.69) is 0 Å². The van der Waals surface area contributed by atoms with Gasteiger partial charge >= 0.3 is 0 Å². The van der Waals surface area contributed by atoms with Crippen molar-refractivity contribution in [2.45, 2.75) is 19.3 Å². The van der Waals surface area contributed by atoms with Crippen LogP contribution in [0.1, 0.15) is 19.3 Å². The molecule has 2 unspecified atom stereocenters. The molecule has 4 heteroatoms. The highest BCUT2D eigenvalue weighted by molar-refractivity contribution is 5.78. The first kappa shape index (κ1) is 10.9. The maximum Gasteiger partial charge on any atom is 0.223 e. The van der Waals surface area contributed by atoms with E-state index in [0.717, 1.165) is 39.1 Å². The Bertz CT molecular complexity index is 226. The van der Waals surface area contributed by atoms with Crippen molar-refractivity contribution in [3.05, 3.63) is 0 Å². The predicted octanol–water partition coefficient (Wildman–Crippen LogP) is 0.254. The van der Waals surface area contributed by atoms with Crippen molar-refractivity contribution < 1.29 is 14.6 Å². The fourth-order valence-corrected chi connectivity index (χ4v) is 2.42. The number of aliphatic hydroxyl groups excluding tert-OH is 1. The minimum Gasteiger partial charge on any atom is -0.396 e. The average Bonchev–Trinajstić information content (AvgIpc) is 2.61.